The van der Waals surface area contributed by atoms with E-state index in [1.54, 1.807) is 0 Å². The van der Waals surface area contributed by atoms with E-state index < -0.39 is 0 Å². The van der Waals surface area contributed by atoms with E-state index in [0.29, 0.717) is 11.7 Å². The number of benzene rings is 1. The second kappa shape index (κ2) is 5.46. The lowest BCUT2D eigenvalue weighted by Gasteiger charge is -2.25. The van der Waals surface area contributed by atoms with Crippen LogP contribution in [0.4, 0.5) is 9.93 Å². The molecule has 1 aromatic heterocycles. The minimum Gasteiger partial charge on any atom is -0.491 e. The lowest BCUT2D eigenvalue weighted by molar-refractivity contribution is 0.222. The van der Waals surface area contributed by atoms with Crippen molar-refractivity contribution in [3.8, 4) is 5.75 Å². The number of carbonyl (C=O) groups excluding carboxylic acids is 1. The summed E-state index contributed by atoms with van der Waals surface area (Å²) in [7, 11) is 0. The largest absolute Gasteiger partial charge is 0.491 e. The van der Waals surface area contributed by atoms with Gasteiger partial charge in [0, 0.05) is 0 Å². The predicted octanol–water partition coefficient (Wildman–Crippen LogP) is 1.97. The van der Waals surface area contributed by atoms with Gasteiger partial charge >= 0.3 is 6.03 Å². The number of aromatic nitrogens is 2. The van der Waals surface area contributed by atoms with Crippen molar-refractivity contribution in [3.63, 3.8) is 0 Å². The molecule has 0 spiro atoms. The molecule has 0 saturated carbocycles. The molecule has 2 aromatic rings. The number of para-hydroxylation sites is 1. The standard InChI is InChI=1S/C13H14N4O2S/c1-8-16-17-13(20-8)15-12(18)14-10-6-9-4-2-3-5-11(9)19-7-10/h2-5,10H,6-7H2,1H3,(H2,14,15,17,18). The van der Waals surface area contributed by atoms with Crippen LogP contribution in [0.5, 0.6) is 5.75 Å². The molecule has 20 heavy (non-hydrogen) atoms. The van der Waals surface area contributed by atoms with Crippen LogP contribution < -0.4 is 15.4 Å². The number of ether oxygens (including phenoxy) is 1. The van der Waals surface area contributed by atoms with Crippen molar-refractivity contribution in [2.24, 2.45) is 0 Å². The Bertz CT molecular complexity index is 628. The topological polar surface area (TPSA) is 76.1 Å². The Labute approximate surface area is 120 Å². The third-order valence-electron chi connectivity index (χ3n) is 2.96. The highest BCUT2D eigenvalue weighted by atomic mass is 32.1. The Morgan fingerprint density at radius 1 is 1.40 bits per heavy atom. The van der Waals surface area contributed by atoms with Gasteiger partial charge in [-0.3, -0.25) is 5.32 Å². The van der Waals surface area contributed by atoms with Gasteiger partial charge in [0.2, 0.25) is 5.13 Å². The highest BCUT2D eigenvalue weighted by molar-refractivity contribution is 7.15. The van der Waals surface area contributed by atoms with Crippen LogP contribution in [-0.2, 0) is 6.42 Å². The van der Waals surface area contributed by atoms with Crippen LogP contribution in [0.2, 0.25) is 0 Å². The van der Waals surface area contributed by atoms with Gasteiger partial charge in [-0.15, -0.1) is 10.2 Å². The predicted molar refractivity (Wildman–Crippen MR) is 76.2 cm³/mol. The van der Waals surface area contributed by atoms with Crippen LogP contribution in [0.25, 0.3) is 0 Å². The summed E-state index contributed by atoms with van der Waals surface area (Å²) in [4.78, 5) is 11.9. The summed E-state index contributed by atoms with van der Waals surface area (Å²) >= 11 is 1.34. The van der Waals surface area contributed by atoms with Crippen LogP contribution >= 0.6 is 11.3 Å². The number of anilines is 1. The van der Waals surface area contributed by atoms with Crippen LogP contribution in [0.3, 0.4) is 0 Å². The fourth-order valence-electron chi connectivity index (χ4n) is 2.09. The van der Waals surface area contributed by atoms with Gasteiger partial charge < -0.3 is 10.1 Å². The summed E-state index contributed by atoms with van der Waals surface area (Å²) in [6.45, 7) is 2.31. The normalized spacial score (nSPS) is 16.9. The van der Waals surface area contributed by atoms with Crippen molar-refractivity contribution < 1.29 is 9.53 Å². The zero-order chi connectivity index (χ0) is 13.9. The molecule has 6 nitrogen and oxygen atoms in total. The van der Waals surface area contributed by atoms with Crippen molar-refractivity contribution >= 4 is 22.5 Å². The number of nitrogens with zero attached hydrogens (tertiary/aromatic N) is 2. The first kappa shape index (κ1) is 12.9. The van der Waals surface area contributed by atoms with Crippen LogP contribution in [0, 0.1) is 6.92 Å². The molecular formula is C13H14N4O2S. The molecule has 3 rings (SSSR count). The van der Waals surface area contributed by atoms with Crippen molar-refractivity contribution in [3.05, 3.63) is 34.8 Å². The number of hydrogen-bond donors (Lipinski definition) is 2. The first-order chi connectivity index (χ1) is 9.70. The second-order valence-electron chi connectivity index (χ2n) is 4.54. The molecule has 0 aliphatic carbocycles. The van der Waals surface area contributed by atoms with E-state index in [2.05, 4.69) is 20.8 Å². The van der Waals surface area contributed by atoms with Crippen molar-refractivity contribution in [1.29, 1.82) is 0 Å². The highest BCUT2D eigenvalue weighted by Gasteiger charge is 2.21. The molecule has 2 N–H and O–H groups in total. The molecule has 2 heterocycles. The number of aryl methyl sites for hydroxylation is 1. The van der Waals surface area contributed by atoms with Crippen LogP contribution in [-0.4, -0.2) is 28.9 Å². The van der Waals surface area contributed by atoms with Crippen LogP contribution in [0.1, 0.15) is 10.6 Å². The van der Waals surface area contributed by atoms with Crippen LogP contribution in [0.15, 0.2) is 24.3 Å². The van der Waals surface area contributed by atoms with Gasteiger partial charge in [0.05, 0.1) is 6.04 Å². The van der Waals surface area contributed by atoms with Crippen molar-refractivity contribution in [2.75, 3.05) is 11.9 Å². The lowest BCUT2D eigenvalue weighted by atomic mass is 10.0. The molecule has 2 amide bonds. The van der Waals surface area contributed by atoms with E-state index in [9.17, 15) is 4.79 Å². The smallest absolute Gasteiger partial charge is 0.321 e. The molecule has 1 unspecified atom stereocenters. The van der Waals surface area contributed by atoms with Gasteiger partial charge in [-0.05, 0) is 25.0 Å². The van der Waals surface area contributed by atoms with Gasteiger partial charge in [0.1, 0.15) is 17.4 Å². The minimum absolute atomic E-state index is 0.0427. The number of hydrogen-bond acceptors (Lipinski definition) is 5. The van der Waals surface area contributed by atoms with Gasteiger partial charge in [-0.1, -0.05) is 29.5 Å². The van der Waals surface area contributed by atoms with E-state index in [1.807, 2.05) is 31.2 Å². The van der Waals surface area contributed by atoms with E-state index in [1.165, 1.54) is 11.3 Å². The Morgan fingerprint density at radius 3 is 3.05 bits per heavy atom. The van der Waals surface area contributed by atoms with Crippen molar-refractivity contribution in [1.82, 2.24) is 15.5 Å². The molecule has 104 valence electrons. The molecule has 0 fully saturated rings. The van der Waals surface area contributed by atoms with Gasteiger partial charge in [0.25, 0.3) is 0 Å². The average Bonchev–Trinajstić information content (AvgIpc) is 2.83. The third-order valence-corrected chi connectivity index (χ3v) is 3.71. The summed E-state index contributed by atoms with van der Waals surface area (Å²) in [6, 6.07) is 7.53. The SMILES string of the molecule is Cc1nnc(NC(=O)NC2COc3ccccc3C2)s1. The maximum Gasteiger partial charge on any atom is 0.321 e. The Kier molecular flexibility index (Phi) is 3.51. The number of fused-ring (bicyclic) bond motifs is 1. The summed E-state index contributed by atoms with van der Waals surface area (Å²) in [5.41, 5.74) is 1.11. The molecule has 7 heteroatoms. The summed E-state index contributed by atoms with van der Waals surface area (Å²) in [5, 5.41) is 14.6. The zero-order valence-corrected chi connectivity index (χ0v) is 11.7. The monoisotopic (exact) mass is 290 g/mol. The van der Waals surface area contributed by atoms with Gasteiger partial charge in [-0.2, -0.15) is 0 Å². The Hall–Kier alpha value is -2.15. The molecule has 1 aliphatic heterocycles. The molecule has 1 atom stereocenters. The molecule has 0 radical (unpaired) electrons. The second-order valence-corrected chi connectivity index (χ2v) is 5.73. The molecule has 0 bridgehead atoms. The molecule has 0 saturated heterocycles. The fourth-order valence-corrected chi connectivity index (χ4v) is 2.67. The number of urea groups is 1. The van der Waals surface area contributed by atoms with Gasteiger partial charge in [0.15, 0.2) is 0 Å². The summed E-state index contributed by atoms with van der Waals surface area (Å²) < 4.78 is 5.62. The lowest BCUT2D eigenvalue weighted by Crippen LogP contribution is -2.44. The summed E-state index contributed by atoms with van der Waals surface area (Å²) in [6.07, 6.45) is 0.763. The van der Waals surface area contributed by atoms with E-state index in [0.717, 1.165) is 22.7 Å². The minimum atomic E-state index is -0.283. The quantitative estimate of drug-likeness (QED) is 0.886. The van der Waals surface area contributed by atoms with E-state index in [4.69, 9.17) is 4.74 Å². The molecular weight excluding hydrogens is 276 g/mol. The molecule has 1 aromatic carbocycles. The first-order valence-electron chi connectivity index (χ1n) is 6.29. The third kappa shape index (κ3) is 2.88. The Balaban J connectivity index is 1.58. The maximum atomic E-state index is 11.9. The number of carbonyl (C=O) groups is 1. The number of amides is 2. The zero-order valence-electron chi connectivity index (χ0n) is 10.9. The van der Waals surface area contributed by atoms with E-state index >= 15 is 0 Å². The molecule has 1 aliphatic rings. The van der Waals surface area contributed by atoms with E-state index in [-0.39, 0.29) is 12.1 Å². The maximum absolute atomic E-state index is 11.9. The number of rotatable bonds is 2. The first-order valence-corrected chi connectivity index (χ1v) is 7.10. The van der Waals surface area contributed by atoms with Gasteiger partial charge in [-0.25, -0.2) is 4.79 Å². The average molecular weight is 290 g/mol. The fraction of sp³-hybridized carbons (Fsp3) is 0.308. The van der Waals surface area contributed by atoms with Crippen molar-refractivity contribution in [2.45, 2.75) is 19.4 Å². The highest BCUT2D eigenvalue weighted by Crippen LogP contribution is 2.23. The summed E-state index contributed by atoms with van der Waals surface area (Å²) in [5.74, 6) is 0.894. The Morgan fingerprint density at radius 2 is 2.25 bits per heavy atom. The number of nitrogens with one attached hydrogen (secondary N) is 2.